The van der Waals surface area contributed by atoms with Crippen LogP contribution in [0.3, 0.4) is 0 Å². The second-order valence-corrected chi connectivity index (χ2v) is 3.92. The Hall–Kier alpha value is -0.380. The predicted octanol–water partition coefficient (Wildman–Crippen LogP) is 1.22. The Bertz CT molecular complexity index is 242. The van der Waals surface area contributed by atoms with Gasteiger partial charge in [0, 0.05) is 4.88 Å². The van der Waals surface area contributed by atoms with Gasteiger partial charge in [-0.15, -0.1) is 11.3 Å². The molecule has 1 aromatic heterocycles. The van der Waals surface area contributed by atoms with Crippen LogP contribution in [0.5, 0.6) is 0 Å². The minimum Gasteiger partial charge on any atom is -0.394 e. The van der Waals surface area contributed by atoms with Gasteiger partial charge in [0.15, 0.2) is 0 Å². The van der Waals surface area contributed by atoms with Crippen molar-refractivity contribution in [3.8, 4) is 0 Å². The summed E-state index contributed by atoms with van der Waals surface area (Å²) in [6.07, 6.45) is 0. The molecule has 11 heavy (non-hydrogen) atoms. The molecule has 0 fully saturated rings. The molecule has 0 aromatic carbocycles. The molecule has 1 heterocycles. The Balaban J connectivity index is 3.00. The van der Waals surface area contributed by atoms with Crippen LogP contribution in [0.2, 0.25) is 0 Å². The molecule has 0 aliphatic heterocycles. The molecule has 0 saturated heterocycles. The number of thiophene rings is 1. The van der Waals surface area contributed by atoms with Crippen molar-refractivity contribution >= 4 is 11.3 Å². The Kier molecular flexibility index (Phi) is 2.32. The average Bonchev–Trinajstić information content (AvgIpc) is 2.36. The van der Waals surface area contributed by atoms with E-state index in [0.717, 1.165) is 10.4 Å². The van der Waals surface area contributed by atoms with Crippen molar-refractivity contribution in [2.75, 3.05) is 6.61 Å². The van der Waals surface area contributed by atoms with Crippen molar-refractivity contribution in [3.05, 3.63) is 21.9 Å². The average molecular weight is 171 g/mol. The van der Waals surface area contributed by atoms with Crippen LogP contribution in [0, 0.1) is 6.92 Å². The van der Waals surface area contributed by atoms with Crippen LogP contribution in [-0.2, 0) is 5.54 Å². The van der Waals surface area contributed by atoms with Crippen LogP contribution in [0.15, 0.2) is 11.4 Å². The van der Waals surface area contributed by atoms with Crippen LogP contribution >= 0.6 is 11.3 Å². The highest BCUT2D eigenvalue weighted by molar-refractivity contribution is 7.10. The molecule has 1 atom stereocenters. The smallest absolute Gasteiger partial charge is 0.0711 e. The first-order valence-corrected chi connectivity index (χ1v) is 4.40. The zero-order chi connectivity index (χ0) is 8.48. The molecular weight excluding hydrogens is 158 g/mol. The summed E-state index contributed by atoms with van der Waals surface area (Å²) in [6, 6.07) is 2.01. The number of aliphatic hydroxyl groups excluding tert-OH is 1. The molecule has 1 rings (SSSR count). The number of aliphatic hydroxyl groups is 1. The fourth-order valence-electron chi connectivity index (χ4n) is 1.03. The quantitative estimate of drug-likeness (QED) is 0.703. The van der Waals surface area contributed by atoms with Crippen LogP contribution < -0.4 is 5.73 Å². The van der Waals surface area contributed by atoms with Crippen LogP contribution in [0.4, 0.5) is 0 Å². The first-order chi connectivity index (χ1) is 5.08. The van der Waals surface area contributed by atoms with Crippen molar-refractivity contribution in [1.29, 1.82) is 0 Å². The van der Waals surface area contributed by atoms with E-state index in [4.69, 9.17) is 10.8 Å². The monoisotopic (exact) mass is 171 g/mol. The van der Waals surface area contributed by atoms with E-state index in [1.807, 2.05) is 25.3 Å². The molecule has 0 aliphatic carbocycles. The van der Waals surface area contributed by atoms with Gasteiger partial charge in [0.25, 0.3) is 0 Å². The lowest BCUT2D eigenvalue weighted by Crippen LogP contribution is -2.36. The van der Waals surface area contributed by atoms with Gasteiger partial charge in [-0.2, -0.15) is 0 Å². The Morgan fingerprint density at radius 3 is 2.73 bits per heavy atom. The fraction of sp³-hybridized carbons (Fsp3) is 0.500. The minimum absolute atomic E-state index is 0.00560. The van der Waals surface area contributed by atoms with E-state index >= 15 is 0 Å². The summed E-state index contributed by atoms with van der Waals surface area (Å²) in [5.74, 6) is 0. The maximum atomic E-state index is 8.97. The Morgan fingerprint density at radius 2 is 2.36 bits per heavy atom. The summed E-state index contributed by atoms with van der Waals surface area (Å²) < 4.78 is 0. The van der Waals surface area contributed by atoms with Crippen LogP contribution in [0.25, 0.3) is 0 Å². The van der Waals surface area contributed by atoms with Gasteiger partial charge in [0.1, 0.15) is 0 Å². The number of hydrogen-bond acceptors (Lipinski definition) is 3. The minimum atomic E-state index is -0.571. The molecule has 2 nitrogen and oxygen atoms in total. The lowest BCUT2D eigenvalue weighted by Gasteiger charge is -2.20. The topological polar surface area (TPSA) is 46.2 Å². The van der Waals surface area contributed by atoms with Gasteiger partial charge in [0.05, 0.1) is 12.1 Å². The van der Waals surface area contributed by atoms with E-state index in [-0.39, 0.29) is 6.61 Å². The van der Waals surface area contributed by atoms with Gasteiger partial charge < -0.3 is 10.8 Å². The molecule has 0 bridgehead atoms. The van der Waals surface area contributed by atoms with Crippen LogP contribution in [0.1, 0.15) is 17.4 Å². The van der Waals surface area contributed by atoms with Crippen molar-refractivity contribution in [3.63, 3.8) is 0 Å². The van der Waals surface area contributed by atoms with Gasteiger partial charge in [0.2, 0.25) is 0 Å². The van der Waals surface area contributed by atoms with Gasteiger partial charge in [-0.1, -0.05) is 0 Å². The van der Waals surface area contributed by atoms with Gasteiger partial charge in [-0.3, -0.25) is 0 Å². The predicted molar refractivity (Wildman–Crippen MR) is 47.7 cm³/mol. The van der Waals surface area contributed by atoms with E-state index < -0.39 is 5.54 Å². The van der Waals surface area contributed by atoms with E-state index in [9.17, 15) is 0 Å². The fourth-order valence-corrected chi connectivity index (χ4v) is 2.03. The maximum Gasteiger partial charge on any atom is 0.0711 e. The highest BCUT2D eigenvalue weighted by Gasteiger charge is 2.22. The third-order valence-corrected chi connectivity index (χ3v) is 3.01. The first kappa shape index (κ1) is 8.71. The molecular formula is C8H13NOS. The van der Waals surface area contributed by atoms with Crippen molar-refractivity contribution in [2.24, 2.45) is 5.73 Å². The number of aryl methyl sites for hydroxylation is 1. The van der Waals surface area contributed by atoms with Crippen molar-refractivity contribution in [1.82, 2.24) is 0 Å². The summed E-state index contributed by atoms with van der Waals surface area (Å²) in [5, 5.41) is 11.0. The molecule has 1 aromatic rings. The molecule has 3 N–H and O–H groups in total. The summed E-state index contributed by atoms with van der Waals surface area (Å²) in [7, 11) is 0. The largest absolute Gasteiger partial charge is 0.394 e. The van der Waals surface area contributed by atoms with E-state index in [0.29, 0.717) is 0 Å². The molecule has 0 saturated carbocycles. The highest BCUT2D eigenvalue weighted by Crippen LogP contribution is 2.26. The van der Waals surface area contributed by atoms with Gasteiger partial charge >= 0.3 is 0 Å². The van der Waals surface area contributed by atoms with E-state index in [2.05, 4.69) is 0 Å². The summed E-state index contributed by atoms with van der Waals surface area (Å²) in [4.78, 5) is 1.07. The zero-order valence-electron chi connectivity index (χ0n) is 6.79. The van der Waals surface area contributed by atoms with Crippen molar-refractivity contribution in [2.45, 2.75) is 19.4 Å². The Morgan fingerprint density at radius 1 is 1.73 bits per heavy atom. The second kappa shape index (κ2) is 2.93. The zero-order valence-corrected chi connectivity index (χ0v) is 7.61. The summed E-state index contributed by atoms with van der Waals surface area (Å²) in [6.45, 7) is 3.84. The number of rotatable bonds is 2. The van der Waals surface area contributed by atoms with E-state index in [1.165, 1.54) is 0 Å². The number of nitrogens with two attached hydrogens (primary N) is 1. The third-order valence-electron chi connectivity index (χ3n) is 1.71. The van der Waals surface area contributed by atoms with Gasteiger partial charge in [-0.25, -0.2) is 0 Å². The maximum absolute atomic E-state index is 8.97. The SMILES string of the molecule is Cc1ccsc1[C@@](C)(N)CO. The molecule has 0 aliphatic rings. The highest BCUT2D eigenvalue weighted by atomic mass is 32.1. The normalized spacial score (nSPS) is 16.4. The molecule has 0 radical (unpaired) electrons. The molecule has 0 unspecified atom stereocenters. The molecule has 62 valence electrons. The second-order valence-electron chi connectivity index (χ2n) is 3.01. The lowest BCUT2D eigenvalue weighted by molar-refractivity contribution is 0.212. The molecule has 0 amide bonds. The summed E-state index contributed by atoms with van der Waals surface area (Å²) in [5.41, 5.74) is 6.43. The lowest BCUT2D eigenvalue weighted by atomic mass is 10.0. The third kappa shape index (κ3) is 1.61. The van der Waals surface area contributed by atoms with E-state index in [1.54, 1.807) is 11.3 Å². The number of hydrogen-bond donors (Lipinski definition) is 2. The molecule has 3 heteroatoms. The standard InChI is InChI=1S/C8H13NOS/c1-6-3-4-11-7(6)8(2,9)5-10/h3-4,10H,5,9H2,1-2H3/t8-/m0/s1. The Labute approximate surface area is 70.7 Å². The molecule has 0 spiro atoms. The first-order valence-electron chi connectivity index (χ1n) is 3.52. The van der Waals surface area contributed by atoms with Crippen LogP contribution in [-0.4, -0.2) is 11.7 Å². The summed E-state index contributed by atoms with van der Waals surface area (Å²) >= 11 is 1.60. The van der Waals surface area contributed by atoms with Gasteiger partial charge in [-0.05, 0) is 30.9 Å². The van der Waals surface area contributed by atoms with Crippen molar-refractivity contribution < 1.29 is 5.11 Å².